The Hall–Kier alpha value is -2.93. The highest BCUT2D eigenvalue weighted by Crippen LogP contribution is 2.21. The molecule has 7 nitrogen and oxygen atoms in total. The smallest absolute Gasteiger partial charge is 0.133 e. The zero-order valence-electron chi connectivity index (χ0n) is 16.3. The molecule has 7 heteroatoms. The molecule has 0 saturated carbocycles. The van der Waals surface area contributed by atoms with E-state index in [-0.39, 0.29) is 0 Å². The average Bonchev–Trinajstić information content (AvgIpc) is 3.26. The summed E-state index contributed by atoms with van der Waals surface area (Å²) in [5.41, 5.74) is 1.24. The normalized spacial score (nSPS) is 15.6. The molecule has 3 aromatic rings. The van der Waals surface area contributed by atoms with Gasteiger partial charge in [-0.25, -0.2) is 9.97 Å². The van der Waals surface area contributed by atoms with Gasteiger partial charge in [0, 0.05) is 69.1 Å². The van der Waals surface area contributed by atoms with Gasteiger partial charge in [-0.05, 0) is 31.2 Å². The van der Waals surface area contributed by atoms with Gasteiger partial charge in [-0.1, -0.05) is 12.1 Å². The standard InChI is InChI=1S/C21H27N7/c1-18(17-28-11-5-10-25-28)24-16-19-6-4-9-23-21(19)27-14-12-26(13-15-27)20-7-2-3-8-22-20/h2-11,18,24H,12-17H2,1H3/t18-/m1/s1. The molecular formula is C21H27N7. The molecule has 0 aliphatic carbocycles. The number of nitrogens with zero attached hydrogens (tertiary/aromatic N) is 6. The first kappa shape index (κ1) is 18.4. The van der Waals surface area contributed by atoms with Crippen molar-refractivity contribution in [3.05, 3.63) is 66.7 Å². The monoisotopic (exact) mass is 377 g/mol. The molecule has 0 bridgehead atoms. The Bertz CT molecular complexity index is 842. The Morgan fingerprint density at radius 3 is 2.50 bits per heavy atom. The van der Waals surface area contributed by atoms with Gasteiger partial charge in [0.2, 0.25) is 0 Å². The van der Waals surface area contributed by atoms with E-state index in [1.54, 1.807) is 0 Å². The molecule has 3 aromatic heterocycles. The zero-order valence-corrected chi connectivity index (χ0v) is 16.3. The van der Waals surface area contributed by atoms with Gasteiger partial charge in [-0.2, -0.15) is 5.10 Å². The predicted octanol–water partition coefficient (Wildman–Crippen LogP) is 2.18. The van der Waals surface area contributed by atoms with Gasteiger partial charge >= 0.3 is 0 Å². The molecule has 1 aliphatic heterocycles. The molecule has 1 saturated heterocycles. The molecule has 4 rings (SSSR count). The fourth-order valence-corrected chi connectivity index (χ4v) is 3.58. The van der Waals surface area contributed by atoms with E-state index in [0.717, 1.165) is 50.9 Å². The number of rotatable bonds is 7. The molecular weight excluding hydrogens is 350 g/mol. The van der Waals surface area contributed by atoms with E-state index in [2.05, 4.69) is 49.2 Å². The van der Waals surface area contributed by atoms with Crippen molar-refractivity contribution >= 4 is 11.6 Å². The second kappa shape index (κ2) is 8.84. The number of aromatic nitrogens is 4. The molecule has 0 radical (unpaired) electrons. The molecule has 0 unspecified atom stereocenters. The second-order valence-corrected chi connectivity index (χ2v) is 7.16. The Labute approximate surface area is 166 Å². The van der Waals surface area contributed by atoms with Gasteiger partial charge in [0.1, 0.15) is 11.6 Å². The molecule has 4 heterocycles. The SMILES string of the molecule is C[C@H](Cn1cccn1)NCc1cccnc1N1CCN(c2ccccn2)CC1. The van der Waals surface area contributed by atoms with Gasteiger partial charge in [-0.15, -0.1) is 0 Å². The van der Waals surface area contributed by atoms with Gasteiger partial charge < -0.3 is 15.1 Å². The number of hydrogen-bond acceptors (Lipinski definition) is 6. The minimum Gasteiger partial charge on any atom is -0.353 e. The van der Waals surface area contributed by atoms with Crippen LogP contribution in [0, 0.1) is 0 Å². The summed E-state index contributed by atoms with van der Waals surface area (Å²) in [5.74, 6) is 2.14. The number of hydrogen-bond donors (Lipinski definition) is 1. The van der Waals surface area contributed by atoms with Crippen molar-refractivity contribution in [1.29, 1.82) is 0 Å². The van der Waals surface area contributed by atoms with Gasteiger partial charge in [0.05, 0.1) is 6.54 Å². The highest BCUT2D eigenvalue weighted by Gasteiger charge is 2.21. The number of pyridine rings is 2. The number of anilines is 2. The Morgan fingerprint density at radius 1 is 0.929 bits per heavy atom. The lowest BCUT2D eigenvalue weighted by Crippen LogP contribution is -2.47. The van der Waals surface area contributed by atoms with Crippen LogP contribution in [0.25, 0.3) is 0 Å². The fraction of sp³-hybridized carbons (Fsp3) is 0.381. The van der Waals surface area contributed by atoms with E-state index in [9.17, 15) is 0 Å². The summed E-state index contributed by atoms with van der Waals surface area (Å²) in [6.07, 6.45) is 7.55. The molecule has 1 aliphatic rings. The van der Waals surface area contributed by atoms with Crippen molar-refractivity contribution in [2.75, 3.05) is 36.0 Å². The van der Waals surface area contributed by atoms with Crippen LogP contribution in [0.4, 0.5) is 11.6 Å². The van der Waals surface area contributed by atoms with Crippen LogP contribution in [-0.2, 0) is 13.1 Å². The van der Waals surface area contributed by atoms with Crippen LogP contribution in [0.2, 0.25) is 0 Å². The van der Waals surface area contributed by atoms with E-state index in [4.69, 9.17) is 0 Å². The van der Waals surface area contributed by atoms with Gasteiger partial charge in [0.25, 0.3) is 0 Å². The number of piperazine rings is 1. The topological polar surface area (TPSA) is 62.1 Å². The summed E-state index contributed by atoms with van der Waals surface area (Å²) in [5, 5.41) is 7.88. The lowest BCUT2D eigenvalue weighted by atomic mass is 10.2. The molecule has 28 heavy (non-hydrogen) atoms. The van der Waals surface area contributed by atoms with E-state index in [0.29, 0.717) is 6.04 Å². The third kappa shape index (κ3) is 4.48. The maximum atomic E-state index is 4.69. The Morgan fingerprint density at radius 2 is 1.75 bits per heavy atom. The highest BCUT2D eigenvalue weighted by molar-refractivity contribution is 5.49. The zero-order chi connectivity index (χ0) is 19.2. The maximum Gasteiger partial charge on any atom is 0.133 e. The quantitative estimate of drug-likeness (QED) is 0.681. The summed E-state index contributed by atoms with van der Waals surface area (Å²) in [6, 6.07) is 12.5. The van der Waals surface area contributed by atoms with Gasteiger partial charge in [0.15, 0.2) is 0 Å². The van der Waals surface area contributed by atoms with Gasteiger partial charge in [-0.3, -0.25) is 4.68 Å². The van der Waals surface area contributed by atoms with Crippen LogP contribution in [-0.4, -0.2) is 52.0 Å². The summed E-state index contributed by atoms with van der Waals surface area (Å²) >= 11 is 0. The van der Waals surface area contributed by atoms with Crippen molar-refractivity contribution < 1.29 is 0 Å². The third-order valence-corrected chi connectivity index (χ3v) is 5.08. The predicted molar refractivity (Wildman–Crippen MR) is 111 cm³/mol. The van der Waals surface area contributed by atoms with Crippen molar-refractivity contribution in [3.8, 4) is 0 Å². The van der Waals surface area contributed by atoms with E-state index in [1.165, 1.54) is 5.56 Å². The first-order valence-corrected chi connectivity index (χ1v) is 9.85. The van der Waals surface area contributed by atoms with Crippen molar-refractivity contribution in [1.82, 2.24) is 25.1 Å². The van der Waals surface area contributed by atoms with Crippen molar-refractivity contribution in [2.24, 2.45) is 0 Å². The van der Waals surface area contributed by atoms with Crippen LogP contribution in [0.1, 0.15) is 12.5 Å². The fourth-order valence-electron chi connectivity index (χ4n) is 3.58. The molecule has 1 fully saturated rings. The van der Waals surface area contributed by atoms with Crippen LogP contribution in [0.3, 0.4) is 0 Å². The highest BCUT2D eigenvalue weighted by atomic mass is 15.3. The van der Waals surface area contributed by atoms with Crippen LogP contribution >= 0.6 is 0 Å². The van der Waals surface area contributed by atoms with Crippen molar-refractivity contribution in [2.45, 2.75) is 26.1 Å². The maximum absolute atomic E-state index is 4.69. The number of nitrogens with one attached hydrogen (secondary N) is 1. The first-order chi connectivity index (χ1) is 13.8. The molecule has 0 spiro atoms. The summed E-state index contributed by atoms with van der Waals surface area (Å²) in [6.45, 7) is 7.64. The minimum atomic E-state index is 0.328. The van der Waals surface area contributed by atoms with Crippen LogP contribution < -0.4 is 15.1 Å². The van der Waals surface area contributed by atoms with E-state index < -0.39 is 0 Å². The van der Waals surface area contributed by atoms with E-state index >= 15 is 0 Å². The Kier molecular flexibility index (Phi) is 5.82. The Balaban J connectivity index is 1.35. The summed E-state index contributed by atoms with van der Waals surface area (Å²) in [7, 11) is 0. The van der Waals surface area contributed by atoms with Crippen LogP contribution in [0.15, 0.2) is 61.2 Å². The van der Waals surface area contributed by atoms with Crippen LogP contribution in [0.5, 0.6) is 0 Å². The average molecular weight is 377 g/mol. The molecule has 0 aromatic carbocycles. The largest absolute Gasteiger partial charge is 0.353 e. The lowest BCUT2D eigenvalue weighted by molar-refractivity contribution is 0.450. The molecule has 1 atom stereocenters. The summed E-state index contributed by atoms with van der Waals surface area (Å²) < 4.78 is 1.96. The second-order valence-electron chi connectivity index (χ2n) is 7.16. The molecule has 0 amide bonds. The molecule has 1 N–H and O–H groups in total. The third-order valence-electron chi connectivity index (χ3n) is 5.08. The lowest BCUT2D eigenvalue weighted by Gasteiger charge is -2.36. The molecule has 146 valence electrons. The summed E-state index contributed by atoms with van der Waals surface area (Å²) in [4.78, 5) is 13.9. The van der Waals surface area contributed by atoms with Crippen molar-refractivity contribution in [3.63, 3.8) is 0 Å². The minimum absolute atomic E-state index is 0.328. The van der Waals surface area contributed by atoms with E-state index in [1.807, 2.05) is 53.7 Å². The first-order valence-electron chi connectivity index (χ1n) is 9.85.